The fourth-order valence-electron chi connectivity index (χ4n) is 1.75. The first kappa shape index (κ1) is 15.7. The molecule has 0 radical (unpaired) electrons. The molecule has 0 aromatic carbocycles. The molecule has 1 saturated heterocycles. The Morgan fingerprint density at radius 1 is 1.31 bits per heavy atom. The van der Waals surface area contributed by atoms with Gasteiger partial charge in [-0.1, -0.05) is 6.92 Å². The molecular weight excluding hydrogens is 226 g/mol. The first-order valence-electron chi connectivity index (χ1n) is 5.86. The highest BCUT2D eigenvalue weighted by Gasteiger charge is 2.22. The van der Waals surface area contributed by atoms with E-state index in [9.17, 15) is 4.79 Å². The summed E-state index contributed by atoms with van der Waals surface area (Å²) in [5, 5.41) is 3.24. The maximum Gasteiger partial charge on any atom is 0.239 e. The van der Waals surface area contributed by atoms with Gasteiger partial charge in [0.2, 0.25) is 5.91 Å². The molecule has 16 heavy (non-hydrogen) atoms. The van der Waals surface area contributed by atoms with E-state index in [4.69, 9.17) is 0 Å². The molecule has 0 aromatic heterocycles. The number of nitrogens with one attached hydrogen (secondary N) is 1. The lowest BCUT2D eigenvalue weighted by Gasteiger charge is -2.34. The fraction of sp³-hybridized carbons (Fsp3) is 0.909. The Morgan fingerprint density at radius 3 is 2.38 bits per heavy atom. The topological polar surface area (TPSA) is 35.6 Å². The molecule has 5 heteroatoms. The summed E-state index contributed by atoms with van der Waals surface area (Å²) in [6, 6.07) is -0.0339. The molecule has 1 aliphatic heterocycles. The van der Waals surface area contributed by atoms with Crippen LogP contribution in [0.3, 0.4) is 0 Å². The van der Waals surface area contributed by atoms with Crippen molar-refractivity contribution in [1.29, 1.82) is 0 Å². The molecule has 0 bridgehead atoms. The van der Waals surface area contributed by atoms with Gasteiger partial charge < -0.3 is 15.1 Å². The minimum absolute atomic E-state index is 0. The van der Waals surface area contributed by atoms with Crippen LogP contribution in [0.4, 0.5) is 0 Å². The van der Waals surface area contributed by atoms with Crippen LogP contribution in [0.5, 0.6) is 0 Å². The van der Waals surface area contributed by atoms with Crippen LogP contribution in [0, 0.1) is 0 Å². The highest BCUT2D eigenvalue weighted by molar-refractivity contribution is 5.85. The van der Waals surface area contributed by atoms with Gasteiger partial charge in [0, 0.05) is 26.2 Å². The summed E-state index contributed by atoms with van der Waals surface area (Å²) in [6.07, 6.45) is 1.07. The molecule has 0 saturated carbocycles. The summed E-state index contributed by atoms with van der Waals surface area (Å²) >= 11 is 0. The molecule has 1 N–H and O–H groups in total. The van der Waals surface area contributed by atoms with E-state index in [0.717, 1.165) is 39.1 Å². The maximum atomic E-state index is 12.0. The number of piperazine rings is 1. The third kappa shape index (κ3) is 4.68. The van der Waals surface area contributed by atoms with Crippen LogP contribution < -0.4 is 5.32 Å². The second-order valence-corrected chi connectivity index (χ2v) is 4.30. The Kier molecular flexibility index (Phi) is 7.72. The number of hydrogen-bond acceptors (Lipinski definition) is 3. The van der Waals surface area contributed by atoms with E-state index >= 15 is 0 Å². The number of halogens is 1. The van der Waals surface area contributed by atoms with Crippen LogP contribution in [0.25, 0.3) is 0 Å². The third-order valence-corrected chi connectivity index (χ3v) is 2.89. The number of rotatable bonds is 4. The molecule has 0 aliphatic carbocycles. The van der Waals surface area contributed by atoms with Crippen molar-refractivity contribution in [1.82, 2.24) is 15.1 Å². The first-order chi connectivity index (χ1) is 7.15. The van der Waals surface area contributed by atoms with Gasteiger partial charge in [0.05, 0.1) is 6.04 Å². The zero-order chi connectivity index (χ0) is 11.3. The van der Waals surface area contributed by atoms with Crippen molar-refractivity contribution >= 4 is 18.3 Å². The predicted molar refractivity (Wildman–Crippen MR) is 69.1 cm³/mol. The van der Waals surface area contributed by atoms with E-state index in [1.807, 2.05) is 11.8 Å². The number of likely N-dealkylation sites (N-methyl/N-ethyl adjacent to an activating group) is 1. The molecule has 0 aromatic rings. The van der Waals surface area contributed by atoms with Gasteiger partial charge in [0.25, 0.3) is 0 Å². The van der Waals surface area contributed by atoms with Gasteiger partial charge in [-0.05, 0) is 26.9 Å². The van der Waals surface area contributed by atoms with E-state index in [1.165, 1.54) is 0 Å². The lowest BCUT2D eigenvalue weighted by Crippen LogP contribution is -2.52. The Bertz CT molecular complexity index is 205. The lowest BCUT2D eigenvalue weighted by molar-refractivity contribution is -0.134. The van der Waals surface area contributed by atoms with Crippen molar-refractivity contribution in [2.24, 2.45) is 0 Å². The van der Waals surface area contributed by atoms with Crippen LogP contribution in [-0.2, 0) is 4.79 Å². The average molecular weight is 250 g/mol. The van der Waals surface area contributed by atoms with Gasteiger partial charge in [0.15, 0.2) is 0 Å². The molecule has 1 fully saturated rings. The number of carbonyl (C=O) groups is 1. The van der Waals surface area contributed by atoms with E-state index in [2.05, 4.69) is 24.2 Å². The molecule has 0 spiro atoms. The molecule has 4 nitrogen and oxygen atoms in total. The maximum absolute atomic E-state index is 12.0. The largest absolute Gasteiger partial charge is 0.339 e. The number of amides is 1. The molecule has 1 amide bonds. The minimum atomic E-state index is -0.0339. The molecule has 1 rings (SSSR count). The van der Waals surface area contributed by atoms with E-state index in [0.29, 0.717) is 0 Å². The number of carbonyl (C=O) groups excluding carboxylic acids is 1. The Morgan fingerprint density at radius 2 is 1.88 bits per heavy atom. The fourth-order valence-corrected chi connectivity index (χ4v) is 1.75. The number of hydrogen-bond donors (Lipinski definition) is 1. The van der Waals surface area contributed by atoms with Crippen molar-refractivity contribution in [2.75, 3.05) is 39.8 Å². The van der Waals surface area contributed by atoms with Crippen LogP contribution in [-0.4, -0.2) is 61.5 Å². The van der Waals surface area contributed by atoms with Gasteiger partial charge in [-0.3, -0.25) is 4.79 Å². The van der Waals surface area contributed by atoms with Crippen molar-refractivity contribution in [3.63, 3.8) is 0 Å². The summed E-state index contributed by atoms with van der Waals surface area (Å²) in [5.41, 5.74) is 0. The lowest BCUT2D eigenvalue weighted by atomic mass is 10.2. The van der Waals surface area contributed by atoms with Crippen LogP contribution >= 0.6 is 12.4 Å². The summed E-state index contributed by atoms with van der Waals surface area (Å²) in [5.74, 6) is 0.247. The zero-order valence-electron chi connectivity index (χ0n) is 10.5. The first-order valence-corrected chi connectivity index (χ1v) is 5.86. The normalized spacial score (nSPS) is 19.1. The SMILES string of the molecule is CCCNC(C)C(=O)N1CCN(C)CC1.Cl. The second-order valence-electron chi connectivity index (χ2n) is 4.30. The Labute approximate surface area is 105 Å². The van der Waals surface area contributed by atoms with Crippen molar-refractivity contribution in [2.45, 2.75) is 26.3 Å². The summed E-state index contributed by atoms with van der Waals surface area (Å²) in [6.45, 7) is 8.70. The summed E-state index contributed by atoms with van der Waals surface area (Å²) in [7, 11) is 2.10. The summed E-state index contributed by atoms with van der Waals surface area (Å²) < 4.78 is 0. The van der Waals surface area contributed by atoms with Gasteiger partial charge in [-0.25, -0.2) is 0 Å². The van der Waals surface area contributed by atoms with Crippen LogP contribution in [0.1, 0.15) is 20.3 Å². The minimum Gasteiger partial charge on any atom is -0.339 e. The van der Waals surface area contributed by atoms with E-state index in [-0.39, 0.29) is 24.4 Å². The van der Waals surface area contributed by atoms with Crippen molar-refractivity contribution in [3.05, 3.63) is 0 Å². The number of nitrogens with zero attached hydrogens (tertiary/aromatic N) is 2. The van der Waals surface area contributed by atoms with Gasteiger partial charge in [-0.15, -0.1) is 12.4 Å². The third-order valence-electron chi connectivity index (χ3n) is 2.89. The standard InChI is InChI=1S/C11H23N3O.ClH/c1-4-5-12-10(2)11(15)14-8-6-13(3)7-9-14;/h10,12H,4-9H2,1-3H3;1H. The van der Waals surface area contributed by atoms with Crippen LogP contribution in [0.2, 0.25) is 0 Å². The van der Waals surface area contributed by atoms with E-state index < -0.39 is 0 Å². The molecule has 96 valence electrons. The molecule has 1 aliphatic rings. The molecule has 1 atom stereocenters. The van der Waals surface area contributed by atoms with E-state index in [1.54, 1.807) is 0 Å². The Balaban J connectivity index is 0.00000225. The molecule has 1 heterocycles. The molecule has 1 unspecified atom stereocenters. The Hall–Kier alpha value is -0.320. The molecular formula is C11H24ClN3O. The van der Waals surface area contributed by atoms with Crippen LogP contribution in [0.15, 0.2) is 0 Å². The average Bonchev–Trinajstić information content (AvgIpc) is 2.26. The zero-order valence-corrected chi connectivity index (χ0v) is 11.3. The quantitative estimate of drug-likeness (QED) is 0.792. The van der Waals surface area contributed by atoms with Gasteiger partial charge >= 0.3 is 0 Å². The van der Waals surface area contributed by atoms with Crippen molar-refractivity contribution in [3.8, 4) is 0 Å². The van der Waals surface area contributed by atoms with Crippen molar-refractivity contribution < 1.29 is 4.79 Å². The smallest absolute Gasteiger partial charge is 0.239 e. The summed E-state index contributed by atoms with van der Waals surface area (Å²) in [4.78, 5) is 16.2. The van der Waals surface area contributed by atoms with Gasteiger partial charge in [0.1, 0.15) is 0 Å². The highest BCUT2D eigenvalue weighted by Crippen LogP contribution is 2.02. The second kappa shape index (κ2) is 7.87. The highest BCUT2D eigenvalue weighted by atomic mass is 35.5. The predicted octanol–water partition coefficient (Wildman–Crippen LogP) is 0.570. The van der Waals surface area contributed by atoms with Gasteiger partial charge in [-0.2, -0.15) is 0 Å². The monoisotopic (exact) mass is 249 g/mol.